The molecule has 7 heteroatoms. The van der Waals surface area contributed by atoms with Crippen LogP contribution in [-0.4, -0.2) is 23.3 Å². The van der Waals surface area contributed by atoms with E-state index in [0.717, 1.165) is 0 Å². The Kier molecular flexibility index (Phi) is 5.91. The van der Waals surface area contributed by atoms with Gasteiger partial charge in [0, 0.05) is 5.56 Å². The average Bonchev–Trinajstić information content (AvgIpc) is 2.52. The molecule has 0 heterocycles. The fourth-order valence-electron chi connectivity index (χ4n) is 1.68. The fourth-order valence-corrected chi connectivity index (χ4v) is 2.34. The number of hydrogen-bond acceptors (Lipinski definition) is 3. The lowest BCUT2D eigenvalue weighted by molar-refractivity contribution is 0.0947. The second-order valence-electron chi connectivity index (χ2n) is 4.31. The second kappa shape index (κ2) is 7.91. The van der Waals surface area contributed by atoms with Gasteiger partial charge in [-0.3, -0.25) is 4.79 Å². The Morgan fingerprint density at radius 3 is 2.36 bits per heavy atom. The average molecular weight is 342 g/mol. The first-order valence-corrected chi connectivity index (χ1v) is 8.38. The molecule has 0 aliphatic rings. The van der Waals surface area contributed by atoms with Gasteiger partial charge in [0.25, 0.3) is 5.91 Å². The molecule has 0 saturated carbocycles. The fraction of sp³-hybridized carbons (Fsp3) is 0.133. The van der Waals surface area contributed by atoms with Gasteiger partial charge in [0.05, 0.1) is 11.4 Å². The molecule has 0 bridgehead atoms. The summed E-state index contributed by atoms with van der Waals surface area (Å²) < 4.78 is 29.2. The van der Waals surface area contributed by atoms with Gasteiger partial charge in [-0.05, 0) is 59.2 Å². The van der Waals surface area contributed by atoms with Crippen LogP contribution in [0.3, 0.4) is 0 Å². The van der Waals surface area contributed by atoms with Crippen LogP contribution < -0.4 is 10.1 Å². The molecule has 1 atom stereocenters. The van der Waals surface area contributed by atoms with Gasteiger partial charge in [0.2, 0.25) is 0 Å². The van der Waals surface area contributed by atoms with E-state index in [4.69, 9.17) is 15.4 Å². The third-order valence-electron chi connectivity index (χ3n) is 2.77. The van der Waals surface area contributed by atoms with E-state index in [1.807, 2.05) is 0 Å². The van der Waals surface area contributed by atoms with E-state index in [2.05, 4.69) is 5.32 Å². The standard InChI is InChI=1S/C15H13ClFNO3S/c16-22(20)14-7-5-13(6-8-14)21-10-9-18-15(19)11-1-3-12(17)4-2-11/h1-8H,9-10H2,(H,18,19). The van der Waals surface area contributed by atoms with Crippen LogP contribution in [0, 0.1) is 5.82 Å². The molecule has 1 amide bonds. The van der Waals surface area contributed by atoms with Crippen molar-refractivity contribution in [2.45, 2.75) is 4.90 Å². The zero-order valence-corrected chi connectivity index (χ0v) is 13.0. The first-order chi connectivity index (χ1) is 10.6. The Morgan fingerprint density at radius 2 is 1.77 bits per heavy atom. The largest absolute Gasteiger partial charge is 0.492 e. The minimum atomic E-state index is -1.54. The van der Waals surface area contributed by atoms with Crippen molar-refractivity contribution < 1.29 is 18.1 Å². The SMILES string of the molecule is O=C(NCCOc1ccc(S(=O)Cl)cc1)c1ccc(F)cc1. The summed E-state index contributed by atoms with van der Waals surface area (Å²) in [5.74, 6) is -0.0976. The number of rotatable bonds is 6. The van der Waals surface area contributed by atoms with E-state index < -0.39 is 10.0 Å². The molecule has 0 radical (unpaired) electrons. The molecule has 0 aliphatic carbocycles. The van der Waals surface area contributed by atoms with Crippen molar-refractivity contribution >= 4 is 26.6 Å². The number of hydrogen-bond donors (Lipinski definition) is 1. The molecule has 1 unspecified atom stereocenters. The highest BCUT2D eigenvalue weighted by Crippen LogP contribution is 2.16. The van der Waals surface area contributed by atoms with Crippen LogP contribution in [0.5, 0.6) is 5.75 Å². The van der Waals surface area contributed by atoms with E-state index in [1.54, 1.807) is 24.3 Å². The molecule has 0 fully saturated rings. The maximum absolute atomic E-state index is 12.7. The number of carbonyl (C=O) groups excluding carboxylic acids is 1. The van der Waals surface area contributed by atoms with Crippen LogP contribution in [-0.2, 0) is 10.0 Å². The molecule has 116 valence electrons. The van der Waals surface area contributed by atoms with Crippen molar-refractivity contribution in [2.24, 2.45) is 0 Å². The molecule has 22 heavy (non-hydrogen) atoms. The van der Waals surface area contributed by atoms with Gasteiger partial charge in [0.15, 0.2) is 0 Å². The lowest BCUT2D eigenvalue weighted by atomic mass is 10.2. The van der Waals surface area contributed by atoms with E-state index >= 15 is 0 Å². The van der Waals surface area contributed by atoms with Gasteiger partial charge in [0.1, 0.15) is 28.2 Å². The van der Waals surface area contributed by atoms with Crippen LogP contribution in [0.4, 0.5) is 4.39 Å². The van der Waals surface area contributed by atoms with Gasteiger partial charge in [-0.1, -0.05) is 0 Å². The van der Waals surface area contributed by atoms with Crippen LogP contribution in [0.15, 0.2) is 53.4 Å². The van der Waals surface area contributed by atoms with Gasteiger partial charge < -0.3 is 10.1 Å². The molecule has 0 saturated heterocycles. The molecule has 4 nitrogen and oxygen atoms in total. The van der Waals surface area contributed by atoms with E-state index in [-0.39, 0.29) is 18.3 Å². The molecule has 2 aromatic rings. The minimum Gasteiger partial charge on any atom is -0.492 e. The molecule has 0 aliphatic heterocycles. The number of amides is 1. The van der Waals surface area contributed by atoms with Crippen molar-refractivity contribution in [3.05, 3.63) is 59.9 Å². The van der Waals surface area contributed by atoms with Crippen molar-refractivity contribution in [1.29, 1.82) is 0 Å². The molecule has 2 aromatic carbocycles. The highest BCUT2D eigenvalue weighted by Gasteiger charge is 2.05. The zero-order chi connectivity index (χ0) is 15.9. The van der Waals surface area contributed by atoms with Gasteiger partial charge >= 0.3 is 0 Å². The highest BCUT2D eigenvalue weighted by atomic mass is 35.7. The monoisotopic (exact) mass is 341 g/mol. The molecule has 0 spiro atoms. The summed E-state index contributed by atoms with van der Waals surface area (Å²) in [4.78, 5) is 12.2. The number of benzene rings is 2. The Bertz CT molecular complexity index is 661. The van der Waals surface area contributed by atoms with Crippen molar-refractivity contribution in [1.82, 2.24) is 5.32 Å². The van der Waals surface area contributed by atoms with Crippen LogP contribution in [0.25, 0.3) is 0 Å². The van der Waals surface area contributed by atoms with Crippen LogP contribution in [0.1, 0.15) is 10.4 Å². The quantitative estimate of drug-likeness (QED) is 0.649. The minimum absolute atomic E-state index is 0.274. The molecule has 0 aromatic heterocycles. The molecule has 2 rings (SSSR count). The maximum atomic E-state index is 12.7. The first-order valence-electron chi connectivity index (χ1n) is 6.41. The third kappa shape index (κ3) is 4.82. The Morgan fingerprint density at radius 1 is 1.14 bits per heavy atom. The lowest BCUT2D eigenvalue weighted by Crippen LogP contribution is -2.28. The number of carbonyl (C=O) groups is 1. The zero-order valence-electron chi connectivity index (χ0n) is 11.4. The summed E-state index contributed by atoms with van der Waals surface area (Å²) in [7, 11) is 3.90. The van der Waals surface area contributed by atoms with E-state index in [1.165, 1.54) is 24.3 Å². The predicted octanol–water partition coefficient (Wildman–Crippen LogP) is 2.90. The predicted molar refractivity (Wildman–Crippen MR) is 82.9 cm³/mol. The number of ether oxygens (including phenoxy) is 1. The normalized spacial score (nSPS) is 11.7. The molecular weight excluding hydrogens is 329 g/mol. The third-order valence-corrected chi connectivity index (χ3v) is 3.95. The topological polar surface area (TPSA) is 55.4 Å². The summed E-state index contributed by atoms with van der Waals surface area (Å²) in [5, 5.41) is 2.66. The van der Waals surface area contributed by atoms with Gasteiger partial charge in [-0.25, -0.2) is 8.60 Å². The summed E-state index contributed by atoms with van der Waals surface area (Å²) in [6.45, 7) is 0.579. The van der Waals surface area contributed by atoms with Crippen LogP contribution >= 0.6 is 10.7 Å². The summed E-state index contributed by atoms with van der Waals surface area (Å²) >= 11 is 0. The Hall–Kier alpha value is -1.92. The number of halogens is 2. The van der Waals surface area contributed by atoms with Crippen molar-refractivity contribution in [3.63, 3.8) is 0 Å². The number of nitrogens with one attached hydrogen (secondary N) is 1. The van der Waals surface area contributed by atoms with Crippen molar-refractivity contribution in [3.8, 4) is 5.75 Å². The summed E-state index contributed by atoms with van der Waals surface area (Å²) in [5.41, 5.74) is 0.385. The Balaban J connectivity index is 1.75. The summed E-state index contributed by atoms with van der Waals surface area (Å²) in [6.07, 6.45) is 0. The van der Waals surface area contributed by atoms with E-state index in [0.29, 0.717) is 22.8 Å². The summed E-state index contributed by atoms with van der Waals surface area (Å²) in [6, 6.07) is 11.8. The van der Waals surface area contributed by atoms with Crippen molar-refractivity contribution in [2.75, 3.05) is 13.2 Å². The molecular formula is C15H13ClFNO3S. The highest BCUT2D eigenvalue weighted by molar-refractivity contribution is 8.08. The first kappa shape index (κ1) is 16.5. The molecule has 1 N–H and O–H groups in total. The van der Waals surface area contributed by atoms with E-state index in [9.17, 15) is 13.4 Å². The second-order valence-corrected chi connectivity index (χ2v) is 6.07. The van der Waals surface area contributed by atoms with Crippen LogP contribution in [0.2, 0.25) is 0 Å². The Labute approximate surface area is 134 Å². The van der Waals surface area contributed by atoms with Gasteiger partial charge in [-0.2, -0.15) is 0 Å². The maximum Gasteiger partial charge on any atom is 0.251 e. The van der Waals surface area contributed by atoms with Gasteiger partial charge in [-0.15, -0.1) is 0 Å². The smallest absolute Gasteiger partial charge is 0.251 e. The lowest BCUT2D eigenvalue weighted by Gasteiger charge is -2.08.